The number of unbranched alkanes of at least 4 members (excludes halogenated alkanes) is 1. The topological polar surface area (TPSA) is 96.0 Å². The molecular formula is C25H34ClN3O5S. The van der Waals surface area contributed by atoms with Crippen LogP contribution >= 0.6 is 11.6 Å². The number of hydrogen-bond acceptors (Lipinski definition) is 5. The molecule has 0 spiro atoms. The summed E-state index contributed by atoms with van der Waals surface area (Å²) in [6.45, 7) is 5.61. The van der Waals surface area contributed by atoms with Gasteiger partial charge in [-0.25, -0.2) is 8.42 Å². The average molecular weight is 524 g/mol. The summed E-state index contributed by atoms with van der Waals surface area (Å²) in [4.78, 5) is 27.7. The van der Waals surface area contributed by atoms with Crippen molar-refractivity contribution in [1.82, 2.24) is 10.2 Å². The highest BCUT2D eigenvalue weighted by Gasteiger charge is 2.30. The van der Waals surface area contributed by atoms with Gasteiger partial charge >= 0.3 is 0 Å². The number of ether oxygens (including phenoxy) is 1. The van der Waals surface area contributed by atoms with Crippen molar-refractivity contribution in [1.29, 1.82) is 0 Å². The second kappa shape index (κ2) is 12.8. The Balaban J connectivity index is 2.36. The standard InChI is InChI=1S/C25H34ClN3O5S/c1-6-7-14-27-25(31)19(3)28(16-20-9-12-22(34-4)13-10-20)24(30)17-29(35(5,32)33)21-11-8-18(2)23(26)15-21/h8-13,15,19H,6-7,14,16-17H2,1-5H3,(H,27,31)/t19-/m1/s1. The van der Waals surface area contributed by atoms with Crippen LogP contribution in [0.25, 0.3) is 0 Å². The van der Waals surface area contributed by atoms with Gasteiger partial charge < -0.3 is 15.0 Å². The summed E-state index contributed by atoms with van der Waals surface area (Å²) in [5, 5.41) is 3.24. The van der Waals surface area contributed by atoms with E-state index in [0.29, 0.717) is 17.3 Å². The average Bonchev–Trinajstić information content (AvgIpc) is 2.82. The molecule has 0 aliphatic carbocycles. The van der Waals surface area contributed by atoms with Crippen LogP contribution < -0.4 is 14.4 Å². The van der Waals surface area contributed by atoms with E-state index in [1.165, 1.54) is 11.0 Å². The van der Waals surface area contributed by atoms with Crippen LogP contribution in [0.15, 0.2) is 42.5 Å². The molecule has 0 bridgehead atoms. The molecule has 1 N–H and O–H groups in total. The van der Waals surface area contributed by atoms with Gasteiger partial charge in [-0.15, -0.1) is 0 Å². The van der Waals surface area contributed by atoms with Crippen LogP contribution in [-0.2, 0) is 26.2 Å². The van der Waals surface area contributed by atoms with Gasteiger partial charge in [0.05, 0.1) is 19.1 Å². The molecule has 192 valence electrons. The second-order valence-electron chi connectivity index (χ2n) is 8.39. The van der Waals surface area contributed by atoms with Gasteiger partial charge in [0.2, 0.25) is 21.8 Å². The molecule has 10 heteroatoms. The van der Waals surface area contributed by atoms with Crippen molar-refractivity contribution < 1.29 is 22.7 Å². The summed E-state index contributed by atoms with van der Waals surface area (Å²) in [6, 6.07) is 11.1. The van der Waals surface area contributed by atoms with Gasteiger partial charge in [0.25, 0.3) is 0 Å². The number of rotatable bonds is 12. The third-order valence-corrected chi connectivity index (χ3v) is 7.18. The Labute approximate surface area is 213 Å². The van der Waals surface area contributed by atoms with Crippen LogP contribution in [0.1, 0.15) is 37.8 Å². The maximum absolute atomic E-state index is 13.5. The van der Waals surface area contributed by atoms with Crippen LogP contribution in [0, 0.1) is 6.92 Å². The first-order chi connectivity index (χ1) is 16.5. The Bertz CT molecular complexity index is 1120. The van der Waals surface area contributed by atoms with E-state index in [2.05, 4.69) is 5.32 Å². The lowest BCUT2D eigenvalue weighted by Gasteiger charge is -2.31. The monoisotopic (exact) mass is 523 g/mol. The highest BCUT2D eigenvalue weighted by Crippen LogP contribution is 2.25. The number of benzene rings is 2. The first-order valence-electron chi connectivity index (χ1n) is 11.4. The number of nitrogens with zero attached hydrogens (tertiary/aromatic N) is 2. The van der Waals surface area contributed by atoms with Gasteiger partial charge in [-0.05, 0) is 55.7 Å². The summed E-state index contributed by atoms with van der Waals surface area (Å²) in [7, 11) is -2.25. The second-order valence-corrected chi connectivity index (χ2v) is 10.7. The number of anilines is 1. The molecule has 2 rings (SSSR count). The fraction of sp³-hybridized carbons (Fsp3) is 0.440. The molecule has 2 aromatic rings. The number of nitrogens with one attached hydrogen (secondary N) is 1. The zero-order valence-electron chi connectivity index (χ0n) is 20.9. The maximum Gasteiger partial charge on any atom is 0.244 e. The smallest absolute Gasteiger partial charge is 0.244 e. The molecule has 0 radical (unpaired) electrons. The number of hydrogen-bond donors (Lipinski definition) is 1. The van der Waals surface area contributed by atoms with Crippen molar-refractivity contribution in [2.75, 3.05) is 30.8 Å². The zero-order valence-corrected chi connectivity index (χ0v) is 22.4. The van der Waals surface area contributed by atoms with Crippen LogP contribution in [-0.4, -0.2) is 57.6 Å². The van der Waals surface area contributed by atoms with Crippen LogP contribution in [0.4, 0.5) is 5.69 Å². The van der Waals surface area contributed by atoms with Crippen LogP contribution in [0.2, 0.25) is 5.02 Å². The first kappa shape index (κ1) is 28.5. The number of aryl methyl sites for hydroxylation is 1. The predicted molar refractivity (Wildman–Crippen MR) is 139 cm³/mol. The lowest BCUT2D eigenvalue weighted by atomic mass is 10.1. The van der Waals surface area contributed by atoms with E-state index < -0.39 is 28.5 Å². The molecular weight excluding hydrogens is 490 g/mol. The fourth-order valence-electron chi connectivity index (χ4n) is 3.40. The quantitative estimate of drug-likeness (QED) is 0.427. The first-order valence-corrected chi connectivity index (χ1v) is 13.6. The number of amides is 2. The predicted octanol–water partition coefficient (Wildman–Crippen LogP) is 3.76. The van der Waals surface area contributed by atoms with Gasteiger partial charge in [-0.2, -0.15) is 0 Å². The largest absolute Gasteiger partial charge is 0.497 e. The summed E-state index contributed by atoms with van der Waals surface area (Å²) >= 11 is 6.21. The Morgan fingerprint density at radius 1 is 1.14 bits per heavy atom. The zero-order chi connectivity index (χ0) is 26.2. The number of sulfonamides is 1. The normalized spacial score (nSPS) is 12.1. The summed E-state index contributed by atoms with van der Waals surface area (Å²) in [5.41, 5.74) is 1.84. The maximum atomic E-state index is 13.5. The Morgan fingerprint density at radius 2 is 1.80 bits per heavy atom. The number of halogens is 1. The van der Waals surface area contributed by atoms with Gasteiger partial charge in [-0.3, -0.25) is 13.9 Å². The molecule has 8 nitrogen and oxygen atoms in total. The molecule has 0 unspecified atom stereocenters. The van der Waals surface area contributed by atoms with E-state index in [4.69, 9.17) is 16.3 Å². The molecule has 0 aromatic heterocycles. The van der Waals surface area contributed by atoms with E-state index in [1.807, 2.05) is 6.92 Å². The molecule has 0 aliphatic heterocycles. The van der Waals surface area contributed by atoms with Gasteiger partial charge in [-0.1, -0.05) is 43.1 Å². The minimum atomic E-state index is -3.81. The SMILES string of the molecule is CCCCNC(=O)[C@@H](C)N(Cc1ccc(OC)cc1)C(=O)CN(c1ccc(C)c(Cl)c1)S(C)(=O)=O. The van der Waals surface area contributed by atoms with Crippen molar-refractivity contribution >= 4 is 39.1 Å². The Morgan fingerprint density at radius 3 is 2.34 bits per heavy atom. The van der Waals surface area contributed by atoms with E-state index in [-0.39, 0.29) is 18.1 Å². The molecule has 0 fully saturated rings. The number of carbonyl (C=O) groups excluding carboxylic acids is 2. The summed E-state index contributed by atoms with van der Waals surface area (Å²) in [6.07, 6.45) is 2.77. The number of carbonyl (C=O) groups is 2. The highest BCUT2D eigenvalue weighted by molar-refractivity contribution is 7.92. The minimum Gasteiger partial charge on any atom is -0.497 e. The molecule has 1 atom stereocenters. The molecule has 0 saturated carbocycles. The fourth-order valence-corrected chi connectivity index (χ4v) is 4.41. The van der Waals surface area contributed by atoms with Gasteiger partial charge in [0.15, 0.2) is 0 Å². The molecule has 0 saturated heterocycles. The summed E-state index contributed by atoms with van der Waals surface area (Å²) < 4.78 is 31.4. The third-order valence-electron chi connectivity index (χ3n) is 5.63. The molecule has 2 aromatic carbocycles. The molecule has 35 heavy (non-hydrogen) atoms. The summed E-state index contributed by atoms with van der Waals surface area (Å²) in [5.74, 6) is -0.151. The molecule has 0 heterocycles. The molecule has 0 aliphatic rings. The van der Waals surface area contributed by atoms with Crippen LogP contribution in [0.3, 0.4) is 0 Å². The van der Waals surface area contributed by atoms with Crippen molar-refractivity contribution in [2.45, 2.75) is 46.2 Å². The van der Waals surface area contributed by atoms with Crippen molar-refractivity contribution in [2.24, 2.45) is 0 Å². The van der Waals surface area contributed by atoms with E-state index >= 15 is 0 Å². The highest BCUT2D eigenvalue weighted by atomic mass is 35.5. The van der Waals surface area contributed by atoms with Gasteiger partial charge in [0, 0.05) is 18.1 Å². The lowest BCUT2D eigenvalue weighted by Crippen LogP contribution is -2.51. The minimum absolute atomic E-state index is 0.122. The van der Waals surface area contributed by atoms with Crippen molar-refractivity contribution in [3.63, 3.8) is 0 Å². The lowest BCUT2D eigenvalue weighted by molar-refractivity contribution is -0.139. The Kier molecular flexibility index (Phi) is 10.4. The van der Waals surface area contributed by atoms with Crippen LogP contribution in [0.5, 0.6) is 5.75 Å². The van der Waals surface area contributed by atoms with E-state index in [0.717, 1.165) is 34.5 Å². The van der Waals surface area contributed by atoms with Crippen molar-refractivity contribution in [3.05, 3.63) is 58.6 Å². The molecule has 2 amide bonds. The Hall–Kier alpha value is -2.78. The van der Waals surface area contributed by atoms with E-state index in [1.54, 1.807) is 57.4 Å². The van der Waals surface area contributed by atoms with E-state index in [9.17, 15) is 18.0 Å². The number of methoxy groups -OCH3 is 1. The van der Waals surface area contributed by atoms with Gasteiger partial charge in [0.1, 0.15) is 18.3 Å². The third kappa shape index (κ3) is 8.14. The van der Waals surface area contributed by atoms with Crippen molar-refractivity contribution in [3.8, 4) is 5.75 Å².